The average Bonchev–Trinajstić information content (AvgIpc) is 3.27. The van der Waals surface area contributed by atoms with Gasteiger partial charge in [0.1, 0.15) is 18.5 Å². The van der Waals surface area contributed by atoms with E-state index in [0.717, 1.165) is 59.1 Å². The lowest BCUT2D eigenvalue weighted by molar-refractivity contribution is 0.0465. The van der Waals surface area contributed by atoms with Gasteiger partial charge in [-0.1, -0.05) is 32.9 Å². The van der Waals surface area contributed by atoms with Crippen molar-refractivity contribution < 1.29 is 18.3 Å². The van der Waals surface area contributed by atoms with Gasteiger partial charge in [-0.25, -0.2) is 18.1 Å². The third-order valence-corrected chi connectivity index (χ3v) is 9.82. The number of rotatable bonds is 12. The van der Waals surface area contributed by atoms with E-state index in [1.165, 1.54) is 0 Å². The number of hydrogen-bond acceptors (Lipinski definition) is 8. The van der Waals surface area contributed by atoms with Crippen LogP contribution in [0.15, 0.2) is 47.4 Å². The normalized spacial score (nSPS) is 16.7. The highest BCUT2D eigenvalue weighted by Gasteiger charge is 2.22. The Morgan fingerprint density at radius 2 is 1.79 bits per heavy atom. The first-order valence-corrected chi connectivity index (χ1v) is 15.6. The maximum absolute atomic E-state index is 12.7. The summed E-state index contributed by atoms with van der Waals surface area (Å²) in [6, 6.07) is 13.1. The van der Waals surface area contributed by atoms with Crippen LogP contribution in [-0.2, 0) is 15.4 Å². The highest BCUT2D eigenvalue weighted by atomic mass is 32.2. The summed E-state index contributed by atoms with van der Waals surface area (Å²) in [6.07, 6.45) is 0.400. The quantitative estimate of drug-likeness (QED) is 0.349. The van der Waals surface area contributed by atoms with Crippen molar-refractivity contribution in [1.82, 2.24) is 19.5 Å². The molecule has 4 rings (SSSR count). The fourth-order valence-electron chi connectivity index (χ4n) is 4.56. The molecule has 1 unspecified atom stereocenters. The Labute approximate surface area is 230 Å². The van der Waals surface area contributed by atoms with Crippen LogP contribution in [-0.4, -0.2) is 86.8 Å². The largest absolute Gasteiger partial charge is 0.491 e. The van der Waals surface area contributed by atoms with E-state index in [2.05, 4.69) is 40.3 Å². The number of aliphatic hydroxyl groups is 1. The Morgan fingerprint density at radius 3 is 2.47 bits per heavy atom. The van der Waals surface area contributed by atoms with Crippen LogP contribution in [0.5, 0.6) is 5.75 Å². The van der Waals surface area contributed by atoms with Crippen LogP contribution in [0.1, 0.15) is 37.8 Å². The van der Waals surface area contributed by atoms with Crippen molar-refractivity contribution >= 4 is 31.6 Å². The lowest BCUT2D eigenvalue weighted by Gasteiger charge is -2.35. The molecular formula is C28H40N4O4S2. The number of aliphatic hydroxyl groups excluding tert-OH is 1. The zero-order valence-electron chi connectivity index (χ0n) is 22.8. The third-order valence-electron chi connectivity index (χ3n) is 7.39. The summed E-state index contributed by atoms with van der Waals surface area (Å²) in [5.41, 5.74) is 2.09. The second kappa shape index (κ2) is 12.4. The van der Waals surface area contributed by atoms with Crippen molar-refractivity contribution in [2.24, 2.45) is 0 Å². The Bertz CT molecular complexity index is 1300. The number of fused-ring (bicyclic) bond motifs is 1. The predicted molar refractivity (Wildman–Crippen MR) is 154 cm³/mol. The first-order valence-electron chi connectivity index (χ1n) is 13.3. The van der Waals surface area contributed by atoms with Crippen molar-refractivity contribution in [3.05, 3.63) is 53.0 Å². The van der Waals surface area contributed by atoms with E-state index in [0.29, 0.717) is 24.5 Å². The van der Waals surface area contributed by atoms with Crippen LogP contribution < -0.4 is 9.46 Å². The van der Waals surface area contributed by atoms with Crippen molar-refractivity contribution in [2.75, 3.05) is 52.4 Å². The summed E-state index contributed by atoms with van der Waals surface area (Å²) in [5.74, 6) is 0.717. The van der Waals surface area contributed by atoms with Crippen molar-refractivity contribution in [3.63, 3.8) is 0 Å². The number of thiazole rings is 1. The Balaban J connectivity index is 1.15. The minimum Gasteiger partial charge on any atom is -0.491 e. The molecule has 1 fully saturated rings. The molecule has 38 heavy (non-hydrogen) atoms. The molecule has 1 saturated heterocycles. The number of aromatic nitrogens is 1. The smallest absolute Gasteiger partial charge is 0.240 e. The van der Waals surface area contributed by atoms with Gasteiger partial charge in [-0.15, -0.1) is 11.3 Å². The Kier molecular flexibility index (Phi) is 9.44. The zero-order valence-corrected chi connectivity index (χ0v) is 24.4. The number of aryl methyl sites for hydroxylation is 1. The minimum atomic E-state index is -3.53. The van der Waals surface area contributed by atoms with Gasteiger partial charge in [0.15, 0.2) is 0 Å². The topological polar surface area (TPSA) is 95.0 Å². The van der Waals surface area contributed by atoms with E-state index in [1.54, 1.807) is 23.5 Å². The molecule has 1 aliphatic heterocycles. The molecule has 2 N–H and O–H groups in total. The molecule has 0 saturated carbocycles. The van der Waals surface area contributed by atoms with Gasteiger partial charge in [0.05, 0.1) is 20.1 Å². The van der Waals surface area contributed by atoms with E-state index in [4.69, 9.17) is 4.74 Å². The minimum absolute atomic E-state index is 0.0247. The molecule has 208 valence electrons. The van der Waals surface area contributed by atoms with Crippen LogP contribution in [0.2, 0.25) is 0 Å². The molecule has 8 nitrogen and oxygen atoms in total. The molecule has 3 aromatic rings. The summed E-state index contributed by atoms with van der Waals surface area (Å²) >= 11 is 1.65. The number of benzene rings is 2. The molecule has 1 atom stereocenters. The standard InChI is InChI=1S/C28H40N4O4S2/c1-5-28(3,4)22-6-9-25(10-7-22)38(34,35)29-12-13-31-14-16-32(17-15-31)19-23(33)20-36-24-8-11-27-26(18-24)30-21(2)37-27/h6-11,18,23,29,33H,5,12-17,19-20H2,1-4H3. The predicted octanol–water partition coefficient (Wildman–Crippen LogP) is 3.63. The molecule has 0 radical (unpaired) electrons. The lowest BCUT2D eigenvalue weighted by Crippen LogP contribution is -2.50. The summed E-state index contributed by atoms with van der Waals surface area (Å²) in [5, 5.41) is 11.5. The van der Waals surface area contributed by atoms with Gasteiger partial charge in [0.2, 0.25) is 10.0 Å². The number of piperazine rings is 1. The van der Waals surface area contributed by atoms with Crippen LogP contribution in [0.4, 0.5) is 0 Å². The number of ether oxygens (including phenoxy) is 1. The van der Waals surface area contributed by atoms with Gasteiger partial charge >= 0.3 is 0 Å². The fourth-order valence-corrected chi connectivity index (χ4v) is 6.39. The van der Waals surface area contributed by atoms with E-state index in [-0.39, 0.29) is 12.0 Å². The maximum Gasteiger partial charge on any atom is 0.240 e. The first-order chi connectivity index (χ1) is 18.1. The van der Waals surface area contributed by atoms with E-state index in [1.807, 2.05) is 37.3 Å². The Hall–Kier alpha value is -2.08. The molecule has 0 amide bonds. The average molecular weight is 561 g/mol. The SMILES string of the molecule is CCC(C)(C)c1ccc(S(=O)(=O)NCCN2CCN(CC(O)COc3ccc4sc(C)nc4c3)CC2)cc1. The summed E-state index contributed by atoms with van der Waals surface area (Å²) in [6.45, 7) is 13.5. The van der Waals surface area contributed by atoms with Gasteiger partial charge in [-0.2, -0.15) is 0 Å². The van der Waals surface area contributed by atoms with E-state index < -0.39 is 16.1 Å². The van der Waals surface area contributed by atoms with Gasteiger partial charge in [-0.05, 0) is 48.6 Å². The third kappa shape index (κ3) is 7.52. The molecule has 1 aromatic heterocycles. The zero-order chi connectivity index (χ0) is 27.3. The Morgan fingerprint density at radius 1 is 1.11 bits per heavy atom. The van der Waals surface area contributed by atoms with Crippen LogP contribution >= 0.6 is 11.3 Å². The summed E-state index contributed by atoms with van der Waals surface area (Å²) < 4.78 is 35.1. The van der Waals surface area contributed by atoms with Gasteiger partial charge in [-0.3, -0.25) is 9.80 Å². The fraction of sp³-hybridized carbons (Fsp3) is 0.536. The van der Waals surface area contributed by atoms with Gasteiger partial charge in [0.25, 0.3) is 0 Å². The second-order valence-electron chi connectivity index (χ2n) is 10.6. The molecule has 0 aliphatic carbocycles. The molecule has 1 aliphatic rings. The first kappa shape index (κ1) is 28.9. The van der Waals surface area contributed by atoms with Gasteiger partial charge in [0, 0.05) is 51.9 Å². The number of hydrogen-bond donors (Lipinski definition) is 2. The monoisotopic (exact) mass is 560 g/mol. The molecular weight excluding hydrogens is 520 g/mol. The van der Waals surface area contributed by atoms with Crippen LogP contribution in [0.25, 0.3) is 10.2 Å². The van der Waals surface area contributed by atoms with Crippen molar-refractivity contribution in [1.29, 1.82) is 0 Å². The lowest BCUT2D eigenvalue weighted by atomic mass is 9.82. The molecule has 2 aromatic carbocycles. The molecule has 0 spiro atoms. The number of nitrogens with zero attached hydrogens (tertiary/aromatic N) is 3. The van der Waals surface area contributed by atoms with Crippen LogP contribution in [0.3, 0.4) is 0 Å². The number of nitrogens with one attached hydrogen (secondary N) is 1. The van der Waals surface area contributed by atoms with E-state index >= 15 is 0 Å². The van der Waals surface area contributed by atoms with Crippen molar-refractivity contribution in [2.45, 2.75) is 50.5 Å². The van der Waals surface area contributed by atoms with Gasteiger partial charge < -0.3 is 9.84 Å². The molecule has 2 heterocycles. The highest BCUT2D eigenvalue weighted by Crippen LogP contribution is 2.27. The van der Waals surface area contributed by atoms with Crippen molar-refractivity contribution in [3.8, 4) is 5.75 Å². The summed E-state index contributed by atoms with van der Waals surface area (Å²) in [4.78, 5) is 9.27. The highest BCUT2D eigenvalue weighted by molar-refractivity contribution is 7.89. The molecule has 10 heteroatoms. The van der Waals surface area contributed by atoms with E-state index in [9.17, 15) is 13.5 Å². The summed E-state index contributed by atoms with van der Waals surface area (Å²) in [7, 11) is -3.53. The number of β-amino-alcohol motifs (C(OH)–C–C–N with tert-alkyl or cyclic N) is 1. The molecule has 0 bridgehead atoms. The van der Waals surface area contributed by atoms with Crippen LogP contribution in [0, 0.1) is 6.92 Å². The second-order valence-corrected chi connectivity index (χ2v) is 13.6. The maximum atomic E-state index is 12.7. The number of sulfonamides is 1.